The molecule has 1 heterocycles. The van der Waals surface area contributed by atoms with E-state index >= 15 is 0 Å². The fraction of sp³-hybridized carbons (Fsp3) is 0.0833. The highest BCUT2D eigenvalue weighted by Crippen LogP contribution is 2.14. The Morgan fingerprint density at radius 3 is 2.82 bits per heavy atom. The molecule has 1 aromatic heterocycles. The number of nitrogens with one attached hydrogen (secondary N) is 1. The van der Waals surface area contributed by atoms with Crippen LogP contribution in [0.5, 0.6) is 0 Å². The van der Waals surface area contributed by atoms with Gasteiger partial charge in [0.05, 0.1) is 0 Å². The van der Waals surface area contributed by atoms with E-state index in [4.69, 9.17) is 5.73 Å². The summed E-state index contributed by atoms with van der Waals surface area (Å²) in [5.74, 6) is 0.222. The molecule has 0 radical (unpaired) electrons. The van der Waals surface area contributed by atoms with Crippen molar-refractivity contribution in [1.29, 1.82) is 0 Å². The predicted molar refractivity (Wildman–Crippen MR) is 65.6 cm³/mol. The minimum absolute atomic E-state index is 0.240. The van der Waals surface area contributed by atoms with Crippen LogP contribution in [0.1, 0.15) is 15.9 Å². The van der Waals surface area contributed by atoms with Gasteiger partial charge in [0.1, 0.15) is 12.1 Å². The quantitative estimate of drug-likeness (QED) is 0.765. The first-order valence-electron chi connectivity index (χ1n) is 5.10. The summed E-state index contributed by atoms with van der Waals surface area (Å²) in [5, 5.41) is 2.66. The maximum absolute atomic E-state index is 11.9. The Hall–Kier alpha value is -2.43. The Morgan fingerprint density at radius 2 is 2.18 bits per heavy atom. The second kappa shape index (κ2) is 4.61. The number of amides is 1. The van der Waals surface area contributed by atoms with E-state index < -0.39 is 0 Å². The molecule has 0 atom stereocenters. The molecule has 0 fully saturated rings. The van der Waals surface area contributed by atoms with Gasteiger partial charge >= 0.3 is 0 Å². The van der Waals surface area contributed by atoms with E-state index in [9.17, 15) is 4.79 Å². The highest BCUT2D eigenvalue weighted by molar-refractivity contribution is 6.04. The van der Waals surface area contributed by atoms with Crippen molar-refractivity contribution in [2.24, 2.45) is 0 Å². The van der Waals surface area contributed by atoms with Crippen LogP contribution in [0.3, 0.4) is 0 Å². The van der Waals surface area contributed by atoms with Crippen LogP contribution in [-0.2, 0) is 0 Å². The molecular weight excluding hydrogens is 216 g/mol. The van der Waals surface area contributed by atoms with Gasteiger partial charge < -0.3 is 11.1 Å². The molecule has 5 heteroatoms. The summed E-state index contributed by atoms with van der Waals surface area (Å²) in [5.41, 5.74) is 7.80. The van der Waals surface area contributed by atoms with Crippen LogP contribution in [0, 0.1) is 6.92 Å². The number of hydrogen-bond donors (Lipinski definition) is 2. The van der Waals surface area contributed by atoms with E-state index in [1.165, 1.54) is 6.33 Å². The topological polar surface area (TPSA) is 80.9 Å². The molecule has 0 aliphatic carbocycles. The molecule has 0 aliphatic rings. The fourth-order valence-corrected chi connectivity index (χ4v) is 1.33. The summed E-state index contributed by atoms with van der Waals surface area (Å²) in [7, 11) is 0. The Morgan fingerprint density at radius 1 is 1.35 bits per heavy atom. The smallest absolute Gasteiger partial charge is 0.256 e. The van der Waals surface area contributed by atoms with Crippen molar-refractivity contribution in [1.82, 2.24) is 9.97 Å². The van der Waals surface area contributed by atoms with Gasteiger partial charge in [0.2, 0.25) is 0 Å². The summed E-state index contributed by atoms with van der Waals surface area (Å²) in [6.07, 6.45) is 2.94. The highest BCUT2D eigenvalue weighted by atomic mass is 16.1. The molecule has 0 aliphatic heterocycles. The number of aryl methyl sites for hydroxylation is 1. The summed E-state index contributed by atoms with van der Waals surface area (Å²) in [6, 6.07) is 6.80. The normalized spacial score (nSPS) is 9.94. The van der Waals surface area contributed by atoms with Crippen LogP contribution in [0.2, 0.25) is 0 Å². The van der Waals surface area contributed by atoms with E-state index in [2.05, 4.69) is 15.3 Å². The number of aromatic nitrogens is 2. The molecule has 86 valence electrons. The number of carbonyl (C=O) groups excluding carboxylic acids is 1. The summed E-state index contributed by atoms with van der Waals surface area (Å²) in [4.78, 5) is 19.5. The lowest BCUT2D eigenvalue weighted by Crippen LogP contribution is -2.13. The average molecular weight is 228 g/mol. The zero-order chi connectivity index (χ0) is 12.3. The summed E-state index contributed by atoms with van der Waals surface area (Å²) >= 11 is 0. The largest absolute Gasteiger partial charge is 0.398 e. The van der Waals surface area contributed by atoms with Gasteiger partial charge in [-0.3, -0.25) is 4.79 Å². The van der Waals surface area contributed by atoms with Gasteiger partial charge in [0.25, 0.3) is 5.91 Å². The molecule has 1 aromatic carbocycles. The molecule has 0 saturated carbocycles. The first-order chi connectivity index (χ1) is 8.16. The van der Waals surface area contributed by atoms with Gasteiger partial charge in [0, 0.05) is 17.4 Å². The van der Waals surface area contributed by atoms with E-state index in [-0.39, 0.29) is 5.91 Å². The molecule has 0 unspecified atom stereocenters. The second-order valence-electron chi connectivity index (χ2n) is 3.62. The third-order valence-corrected chi connectivity index (χ3v) is 2.36. The highest BCUT2D eigenvalue weighted by Gasteiger charge is 2.07. The van der Waals surface area contributed by atoms with E-state index in [0.29, 0.717) is 17.1 Å². The first kappa shape index (κ1) is 11.1. The van der Waals surface area contributed by atoms with Crippen LogP contribution < -0.4 is 11.1 Å². The monoisotopic (exact) mass is 228 g/mol. The predicted octanol–water partition coefficient (Wildman–Crippen LogP) is 1.62. The summed E-state index contributed by atoms with van der Waals surface area (Å²) < 4.78 is 0. The van der Waals surface area contributed by atoms with Gasteiger partial charge in [-0.15, -0.1) is 0 Å². The van der Waals surface area contributed by atoms with Crippen molar-refractivity contribution in [2.45, 2.75) is 6.92 Å². The minimum atomic E-state index is -0.240. The van der Waals surface area contributed by atoms with Gasteiger partial charge in [0.15, 0.2) is 0 Å². The molecule has 0 spiro atoms. The van der Waals surface area contributed by atoms with Gasteiger partial charge in [-0.05, 0) is 30.7 Å². The average Bonchev–Trinajstić information content (AvgIpc) is 2.34. The van der Waals surface area contributed by atoms with Gasteiger partial charge in [-0.2, -0.15) is 0 Å². The first-order valence-corrected chi connectivity index (χ1v) is 5.10. The third kappa shape index (κ3) is 2.57. The van der Waals surface area contributed by atoms with Crippen molar-refractivity contribution in [3.8, 4) is 0 Å². The minimum Gasteiger partial charge on any atom is -0.398 e. The maximum Gasteiger partial charge on any atom is 0.256 e. The molecule has 1 amide bonds. The maximum atomic E-state index is 11.9. The number of hydrogen-bond acceptors (Lipinski definition) is 4. The number of nitrogens with zero attached hydrogens (tertiary/aromatic N) is 2. The number of nitrogens with two attached hydrogens (primary N) is 1. The number of benzene rings is 1. The van der Waals surface area contributed by atoms with Crippen LogP contribution >= 0.6 is 0 Å². The third-order valence-electron chi connectivity index (χ3n) is 2.36. The van der Waals surface area contributed by atoms with E-state index in [0.717, 1.165) is 5.56 Å². The summed E-state index contributed by atoms with van der Waals surface area (Å²) in [6.45, 7) is 1.89. The second-order valence-corrected chi connectivity index (χ2v) is 3.62. The molecule has 3 N–H and O–H groups in total. The van der Waals surface area contributed by atoms with Crippen LogP contribution in [0.15, 0.2) is 36.8 Å². The van der Waals surface area contributed by atoms with Crippen LogP contribution in [0.4, 0.5) is 11.5 Å². The Bertz CT molecular complexity index is 539. The molecule has 2 rings (SSSR count). The Kier molecular flexibility index (Phi) is 3.00. The standard InChI is InChI=1S/C12H12N4O/c1-8-2-3-9(6-10(8)13)12(17)16-11-4-5-14-7-15-11/h2-7H,13H2,1H3,(H,14,15,16,17). The van der Waals surface area contributed by atoms with Crippen molar-refractivity contribution in [3.05, 3.63) is 47.9 Å². The van der Waals surface area contributed by atoms with E-state index in [1.807, 2.05) is 13.0 Å². The van der Waals surface area contributed by atoms with Crippen molar-refractivity contribution in [2.75, 3.05) is 11.1 Å². The lowest BCUT2D eigenvalue weighted by molar-refractivity contribution is 0.102. The number of nitrogen functional groups attached to an aromatic ring is 1. The van der Waals surface area contributed by atoms with Gasteiger partial charge in [-0.25, -0.2) is 9.97 Å². The number of rotatable bonds is 2. The van der Waals surface area contributed by atoms with Crippen LogP contribution in [0.25, 0.3) is 0 Å². The SMILES string of the molecule is Cc1ccc(C(=O)Nc2ccncn2)cc1N. The lowest BCUT2D eigenvalue weighted by Gasteiger charge is -2.05. The molecule has 5 nitrogen and oxygen atoms in total. The zero-order valence-corrected chi connectivity index (χ0v) is 9.34. The Balaban J connectivity index is 2.18. The molecule has 2 aromatic rings. The lowest BCUT2D eigenvalue weighted by atomic mass is 10.1. The number of carbonyl (C=O) groups is 1. The number of anilines is 2. The van der Waals surface area contributed by atoms with Crippen LogP contribution in [-0.4, -0.2) is 15.9 Å². The Labute approximate surface area is 98.7 Å². The van der Waals surface area contributed by atoms with Crippen molar-refractivity contribution < 1.29 is 4.79 Å². The molecule has 0 bridgehead atoms. The molecule has 17 heavy (non-hydrogen) atoms. The molecule has 0 saturated heterocycles. The van der Waals surface area contributed by atoms with Gasteiger partial charge in [-0.1, -0.05) is 6.07 Å². The fourth-order valence-electron chi connectivity index (χ4n) is 1.33. The van der Waals surface area contributed by atoms with E-state index in [1.54, 1.807) is 24.4 Å². The van der Waals surface area contributed by atoms with Crippen molar-refractivity contribution in [3.63, 3.8) is 0 Å². The van der Waals surface area contributed by atoms with Crippen molar-refractivity contribution >= 4 is 17.4 Å². The molecular formula is C12H12N4O. The zero-order valence-electron chi connectivity index (χ0n) is 9.34.